The van der Waals surface area contributed by atoms with Crippen LogP contribution >= 0.6 is 0 Å². The van der Waals surface area contributed by atoms with E-state index in [0.29, 0.717) is 62.4 Å². The number of aliphatic hydroxyl groups excluding tert-OH is 2. The van der Waals surface area contributed by atoms with E-state index in [1.807, 2.05) is 58.1 Å². The Hall–Kier alpha value is -3.37. The fourth-order valence-electron chi connectivity index (χ4n) is 9.91. The van der Waals surface area contributed by atoms with Crippen LogP contribution in [0.2, 0.25) is 0 Å². The fraction of sp³-hybridized carbons (Fsp3) is 0.750. The number of piperidine rings is 1. The summed E-state index contributed by atoms with van der Waals surface area (Å²) < 4.78 is 27.7. The molecule has 3 N–H and O–H groups in total. The number of amides is 1. The lowest BCUT2D eigenvalue weighted by Crippen LogP contribution is -2.60. The van der Waals surface area contributed by atoms with Gasteiger partial charge in [0.25, 0.3) is 11.7 Å². The Bertz CT molecular complexity index is 1720. The highest BCUT2D eigenvalue weighted by Crippen LogP contribution is 2.37. The Kier molecular flexibility index (Phi) is 23.8. The van der Waals surface area contributed by atoms with Gasteiger partial charge in [-0.15, -0.1) is 0 Å². The highest BCUT2D eigenvalue weighted by Gasteiger charge is 2.53. The molecule has 0 spiro atoms. The first-order valence-corrected chi connectivity index (χ1v) is 24.3. The van der Waals surface area contributed by atoms with E-state index in [4.69, 9.17) is 23.7 Å². The van der Waals surface area contributed by atoms with Crippen LogP contribution in [0, 0.1) is 35.5 Å². The lowest BCUT2D eigenvalue weighted by atomic mass is 9.79. The summed E-state index contributed by atoms with van der Waals surface area (Å²) in [6.45, 7) is 13.4. The van der Waals surface area contributed by atoms with E-state index >= 15 is 0 Å². The summed E-state index contributed by atoms with van der Waals surface area (Å²) in [6, 6.07) is -0.879. The second-order valence-electron chi connectivity index (χ2n) is 19.6. The highest BCUT2D eigenvalue weighted by atomic mass is 16.6. The Morgan fingerprint density at radius 2 is 1.59 bits per heavy atom. The minimum Gasteiger partial charge on any atom is -0.467 e. The predicted molar refractivity (Wildman–Crippen MR) is 252 cm³/mol. The van der Waals surface area contributed by atoms with Gasteiger partial charge >= 0.3 is 5.97 Å². The molecule has 0 radical (unpaired) electrons. The second-order valence-corrected chi connectivity index (χ2v) is 19.6. The molecule has 3 fully saturated rings. The molecule has 1 saturated carbocycles. The van der Waals surface area contributed by atoms with Gasteiger partial charge in [0.2, 0.25) is 5.79 Å². The number of allylic oxidation sites excluding steroid dienone is 6. The average Bonchev–Trinajstić information content (AvgIpc) is 3.30. The number of rotatable bonds is 25. The van der Waals surface area contributed by atoms with Crippen molar-refractivity contribution in [3.05, 3.63) is 47.6 Å². The number of carbonyl (C=O) groups excluding carboxylic acids is 5. The average molecular weight is 930 g/mol. The number of esters is 1. The van der Waals surface area contributed by atoms with Crippen molar-refractivity contribution in [2.45, 2.75) is 180 Å². The molecule has 3 aliphatic rings. The van der Waals surface area contributed by atoms with Crippen molar-refractivity contribution in [2.75, 3.05) is 35.0 Å². The molecule has 0 aromatic carbocycles. The third-order valence-corrected chi connectivity index (χ3v) is 14.3. The number of methoxy groups -OCH3 is 4. The van der Waals surface area contributed by atoms with Crippen molar-refractivity contribution < 1.29 is 63.0 Å². The predicted octanol–water partition coefficient (Wildman–Crippen LogP) is 6.82. The molecule has 2 saturated heterocycles. The van der Waals surface area contributed by atoms with Gasteiger partial charge in [-0.3, -0.25) is 19.2 Å². The first kappa shape index (κ1) is 57.0. The van der Waals surface area contributed by atoms with Gasteiger partial charge in [0.1, 0.15) is 24.0 Å². The zero-order chi connectivity index (χ0) is 49.3. The van der Waals surface area contributed by atoms with Crippen LogP contribution in [0.4, 0.5) is 0 Å². The number of aliphatic hydroxyl groups is 3. The minimum absolute atomic E-state index is 0.0308. The maximum atomic E-state index is 13.6. The normalized spacial score (nSPS) is 28.9. The molecule has 3 rings (SSSR count). The molecule has 2 aliphatic heterocycles. The number of Topliss-reactive ketones (excluding diaryl/α,β-unsaturated/α-hetero) is 3. The van der Waals surface area contributed by atoms with Gasteiger partial charge < -0.3 is 43.9 Å². The summed E-state index contributed by atoms with van der Waals surface area (Å²) in [5.41, 5.74) is 1.40. The van der Waals surface area contributed by atoms with Crippen LogP contribution in [0.3, 0.4) is 0 Å². The van der Waals surface area contributed by atoms with E-state index in [9.17, 15) is 39.3 Å². The van der Waals surface area contributed by atoms with Gasteiger partial charge in [0, 0.05) is 58.5 Å². The van der Waals surface area contributed by atoms with Crippen LogP contribution in [0.25, 0.3) is 0 Å². The van der Waals surface area contributed by atoms with Crippen molar-refractivity contribution in [3.8, 4) is 0 Å². The third-order valence-electron chi connectivity index (χ3n) is 14.3. The van der Waals surface area contributed by atoms with E-state index in [0.717, 1.165) is 44.1 Å². The Morgan fingerprint density at radius 1 is 0.879 bits per heavy atom. The molecule has 14 nitrogen and oxygen atoms in total. The Balaban J connectivity index is 1.49. The molecule has 1 amide bonds. The van der Waals surface area contributed by atoms with Crippen LogP contribution in [0.15, 0.2) is 47.6 Å². The van der Waals surface area contributed by atoms with E-state index < -0.39 is 77.8 Å². The maximum Gasteiger partial charge on any atom is 0.328 e. The molecular weight excluding hydrogens is 847 g/mol. The SMILES string of the molecule is COC(=O)[C@@H]1CCCCN1C(=O)C(=O)[C@]1(O)O[C@H](C[C@H](OC)/C(C)=C/C=C/C=C/[C@@H](C)C[C@@H](C)C(=O)[C@H](OC)[C@H](O)/C(C)=C/[C@@H](C)C(=O)CC[C@H](C)C[C@@H]2CC[C@@H](O)[C@H](OC)C2)CC[C@H]1C. The summed E-state index contributed by atoms with van der Waals surface area (Å²) in [7, 11) is 5.87. The summed E-state index contributed by atoms with van der Waals surface area (Å²) in [4.78, 5) is 67.2. The molecule has 2 heterocycles. The van der Waals surface area contributed by atoms with Crippen LogP contribution in [-0.4, -0.2) is 133 Å². The van der Waals surface area contributed by atoms with Gasteiger partial charge in [-0.05, 0) is 113 Å². The molecule has 1 aliphatic carbocycles. The van der Waals surface area contributed by atoms with E-state index in [1.54, 1.807) is 34.1 Å². The van der Waals surface area contributed by atoms with Gasteiger partial charge in [-0.25, -0.2) is 4.79 Å². The molecule has 0 aromatic heterocycles. The Morgan fingerprint density at radius 3 is 2.24 bits per heavy atom. The topological polar surface area (TPSA) is 195 Å². The maximum absolute atomic E-state index is 13.6. The van der Waals surface area contributed by atoms with Gasteiger partial charge in [0.05, 0.1) is 31.5 Å². The zero-order valence-electron chi connectivity index (χ0n) is 41.7. The minimum atomic E-state index is -2.34. The first-order chi connectivity index (χ1) is 31.2. The van der Waals surface area contributed by atoms with Gasteiger partial charge in [-0.1, -0.05) is 71.1 Å². The number of ketones is 3. The monoisotopic (exact) mass is 930 g/mol. The third kappa shape index (κ3) is 16.1. The van der Waals surface area contributed by atoms with Gasteiger partial charge in [-0.2, -0.15) is 0 Å². The zero-order valence-corrected chi connectivity index (χ0v) is 41.7. The van der Waals surface area contributed by atoms with Crippen molar-refractivity contribution in [2.24, 2.45) is 35.5 Å². The number of nitrogens with zero attached hydrogens (tertiary/aromatic N) is 1. The summed E-state index contributed by atoms with van der Waals surface area (Å²) in [5, 5.41) is 32.9. The molecule has 0 aromatic rings. The standard InChI is InChI=1S/C52H83NO13/c1-32(27-36(5)46(56)48(64-10)47(57)37(6)29-35(4)42(54)24-20-33(2)28-39-22-25-43(55)45(30-39)63-9)17-13-12-14-18-34(3)44(62-8)31-40-23-21-38(7)52(61,66-40)49(58)50(59)53-26-16-15-19-41(53)51(60)65-11/h12-14,17-18,29,32-33,35-36,38-41,43-45,47-48,55,57,61H,15-16,19-28,30-31H2,1-11H3/b14-12+,17-13+,34-18+,37-29+/t32-,33+,35-,36-,38-,39+,40+,41+,43-,44+,45-,47-,48+,52-/m1/s1. The quantitative estimate of drug-likeness (QED) is 0.0374. The summed E-state index contributed by atoms with van der Waals surface area (Å²) in [6.07, 6.45) is 15.9. The lowest BCUT2D eigenvalue weighted by Gasteiger charge is -2.42. The number of hydrogen-bond donors (Lipinski definition) is 3. The molecule has 0 unspecified atom stereocenters. The molecule has 66 heavy (non-hydrogen) atoms. The van der Waals surface area contributed by atoms with Crippen molar-refractivity contribution >= 4 is 29.2 Å². The molecule has 374 valence electrons. The smallest absolute Gasteiger partial charge is 0.328 e. The van der Waals surface area contributed by atoms with Crippen molar-refractivity contribution in [1.82, 2.24) is 4.90 Å². The Labute approximate surface area is 394 Å². The molecular formula is C52H83NO13. The number of hydrogen-bond acceptors (Lipinski definition) is 13. The van der Waals surface area contributed by atoms with Gasteiger partial charge in [0.15, 0.2) is 5.78 Å². The number of carbonyl (C=O) groups is 5. The molecule has 14 heteroatoms. The number of likely N-dealkylation sites (tertiary alicyclic amines) is 1. The second kappa shape index (κ2) is 27.6. The van der Waals surface area contributed by atoms with Crippen LogP contribution < -0.4 is 0 Å². The lowest BCUT2D eigenvalue weighted by molar-refractivity contribution is -0.265. The molecule has 0 bridgehead atoms. The van der Waals surface area contributed by atoms with E-state index in [1.165, 1.54) is 19.1 Å². The highest BCUT2D eigenvalue weighted by molar-refractivity contribution is 6.39. The van der Waals surface area contributed by atoms with Crippen molar-refractivity contribution in [1.29, 1.82) is 0 Å². The van der Waals surface area contributed by atoms with E-state index in [-0.39, 0.29) is 30.1 Å². The fourth-order valence-corrected chi connectivity index (χ4v) is 9.91. The van der Waals surface area contributed by atoms with Crippen LogP contribution in [0.5, 0.6) is 0 Å². The summed E-state index contributed by atoms with van der Waals surface area (Å²) >= 11 is 0. The first-order valence-electron chi connectivity index (χ1n) is 24.3. The van der Waals surface area contributed by atoms with Crippen molar-refractivity contribution in [3.63, 3.8) is 0 Å². The van der Waals surface area contributed by atoms with Crippen LogP contribution in [-0.2, 0) is 47.7 Å². The van der Waals surface area contributed by atoms with Crippen LogP contribution in [0.1, 0.15) is 132 Å². The number of ether oxygens (including phenoxy) is 5. The van der Waals surface area contributed by atoms with E-state index in [2.05, 4.69) is 6.92 Å². The molecule has 14 atom stereocenters. The summed E-state index contributed by atoms with van der Waals surface area (Å²) in [5.74, 6) is -5.68. The largest absolute Gasteiger partial charge is 0.467 e.